The van der Waals surface area contributed by atoms with Gasteiger partial charge in [0.15, 0.2) is 6.61 Å². The van der Waals surface area contributed by atoms with Gasteiger partial charge in [0.05, 0.1) is 12.2 Å². The van der Waals surface area contributed by atoms with Crippen LogP contribution in [-0.2, 0) is 17.8 Å². The average Bonchev–Trinajstić information content (AvgIpc) is 2.85. The predicted molar refractivity (Wildman–Crippen MR) is 129 cm³/mol. The summed E-state index contributed by atoms with van der Waals surface area (Å²) in [6, 6.07) is 4.99. The number of amides is 1. The monoisotopic (exact) mass is 516 g/mol. The van der Waals surface area contributed by atoms with Crippen molar-refractivity contribution in [1.82, 2.24) is 14.9 Å². The van der Waals surface area contributed by atoms with Gasteiger partial charge in [0.25, 0.3) is 5.91 Å². The van der Waals surface area contributed by atoms with Gasteiger partial charge in [0.1, 0.15) is 23.6 Å². The number of aromatic nitrogens is 2. The molecular formula is C27H31F3N4O3. The molecule has 1 aromatic carbocycles. The van der Waals surface area contributed by atoms with E-state index in [4.69, 9.17) is 4.74 Å². The van der Waals surface area contributed by atoms with E-state index in [9.17, 15) is 18.0 Å². The number of hydrogen-bond donors (Lipinski definition) is 1. The molecule has 4 bridgehead atoms. The molecule has 2 aromatic rings. The van der Waals surface area contributed by atoms with Crippen LogP contribution in [0.3, 0.4) is 0 Å². The number of nitrogens with zero attached hydrogens (tertiary/aromatic N) is 3. The third kappa shape index (κ3) is 5.33. The first-order valence-electron chi connectivity index (χ1n) is 13.1. The molecule has 0 spiro atoms. The van der Waals surface area contributed by atoms with Gasteiger partial charge in [-0.3, -0.25) is 4.79 Å². The Hall–Kier alpha value is -3.04. The smallest absolute Gasteiger partial charge is 0.484 e. The van der Waals surface area contributed by atoms with Crippen LogP contribution in [0.5, 0.6) is 11.5 Å². The van der Waals surface area contributed by atoms with Crippen molar-refractivity contribution in [3.8, 4) is 11.5 Å². The SMILES string of the molecule is O=C(COc1ccc(OC(F)(F)F)cc1)N1CCc2c(ncnc2NCC23CC4CC(CC(C4)C2)C3)C1. The average molecular weight is 517 g/mol. The molecule has 4 saturated carbocycles. The van der Waals surface area contributed by atoms with E-state index in [2.05, 4.69) is 20.0 Å². The van der Waals surface area contributed by atoms with Crippen molar-refractivity contribution in [1.29, 1.82) is 0 Å². The minimum atomic E-state index is -4.75. The molecule has 0 atom stereocenters. The standard InChI is InChI=1S/C27H31F3N4O3/c28-27(29,30)37-21-3-1-20(2-4-21)36-14-24(35)34-6-5-22-23(13-34)32-16-33-25(22)31-15-26-10-17-7-18(11-26)9-19(8-17)12-26/h1-4,16-19H,5-15H2,(H,31,32,33). The van der Waals surface area contributed by atoms with Crippen LogP contribution in [0, 0.1) is 23.2 Å². The zero-order valence-corrected chi connectivity index (χ0v) is 20.6. The van der Waals surface area contributed by atoms with Gasteiger partial charge < -0.3 is 19.7 Å². The molecule has 5 aliphatic rings. The van der Waals surface area contributed by atoms with Crippen molar-refractivity contribution < 1.29 is 27.4 Å². The third-order valence-corrected chi connectivity index (χ3v) is 8.58. The second-order valence-corrected chi connectivity index (χ2v) is 11.3. The van der Waals surface area contributed by atoms with Crippen molar-refractivity contribution in [2.24, 2.45) is 23.2 Å². The predicted octanol–water partition coefficient (Wildman–Crippen LogP) is 4.97. The number of ether oxygens (including phenoxy) is 2. The van der Waals surface area contributed by atoms with Crippen LogP contribution < -0.4 is 14.8 Å². The second kappa shape index (κ2) is 9.36. The van der Waals surface area contributed by atoms with Crippen molar-refractivity contribution in [2.45, 2.75) is 57.9 Å². The van der Waals surface area contributed by atoms with E-state index in [-0.39, 0.29) is 18.3 Å². The van der Waals surface area contributed by atoms with Crippen LogP contribution in [0.4, 0.5) is 19.0 Å². The summed E-state index contributed by atoms with van der Waals surface area (Å²) in [5.74, 6) is 3.35. The lowest BCUT2D eigenvalue weighted by molar-refractivity contribution is -0.274. The maximum absolute atomic E-state index is 12.8. The molecule has 1 N–H and O–H groups in total. The Bertz CT molecular complexity index is 1120. The summed E-state index contributed by atoms with van der Waals surface area (Å²) in [6.45, 7) is 1.66. The van der Waals surface area contributed by atoms with Gasteiger partial charge in [0.2, 0.25) is 0 Å². The summed E-state index contributed by atoms with van der Waals surface area (Å²) >= 11 is 0. The number of fused-ring (bicyclic) bond motifs is 1. The van der Waals surface area contributed by atoms with Crippen molar-refractivity contribution in [2.75, 3.05) is 25.0 Å². The molecule has 0 radical (unpaired) electrons. The maximum atomic E-state index is 12.8. The number of rotatable bonds is 7. The van der Waals surface area contributed by atoms with Crippen molar-refractivity contribution >= 4 is 11.7 Å². The molecule has 4 aliphatic carbocycles. The summed E-state index contributed by atoms with van der Waals surface area (Å²) in [4.78, 5) is 23.5. The largest absolute Gasteiger partial charge is 0.573 e. The van der Waals surface area contributed by atoms with E-state index in [0.717, 1.165) is 53.5 Å². The first-order chi connectivity index (χ1) is 17.7. The number of alkyl halides is 3. The molecule has 1 aliphatic heterocycles. The molecule has 198 valence electrons. The van der Waals surface area contributed by atoms with Gasteiger partial charge in [-0.15, -0.1) is 13.2 Å². The number of carbonyl (C=O) groups excluding carboxylic acids is 1. The van der Waals surface area contributed by atoms with E-state index < -0.39 is 6.36 Å². The Morgan fingerprint density at radius 1 is 1.03 bits per heavy atom. The van der Waals surface area contributed by atoms with Crippen LogP contribution >= 0.6 is 0 Å². The zero-order chi connectivity index (χ0) is 25.6. The van der Waals surface area contributed by atoms with E-state index in [1.165, 1.54) is 50.7 Å². The van der Waals surface area contributed by atoms with E-state index in [1.807, 2.05) is 0 Å². The highest BCUT2D eigenvalue weighted by Crippen LogP contribution is 2.60. The summed E-state index contributed by atoms with van der Waals surface area (Å²) in [6.07, 6.45) is 5.74. The molecule has 0 saturated heterocycles. The molecule has 1 amide bonds. The lowest BCUT2D eigenvalue weighted by Gasteiger charge is -2.57. The quantitative estimate of drug-likeness (QED) is 0.560. The molecular weight excluding hydrogens is 485 g/mol. The number of anilines is 1. The summed E-state index contributed by atoms with van der Waals surface area (Å²) in [5, 5.41) is 3.68. The zero-order valence-electron chi connectivity index (χ0n) is 20.6. The highest BCUT2D eigenvalue weighted by molar-refractivity contribution is 5.78. The number of benzene rings is 1. The van der Waals surface area contributed by atoms with E-state index in [0.29, 0.717) is 30.7 Å². The topological polar surface area (TPSA) is 76.6 Å². The number of nitrogens with one attached hydrogen (secondary N) is 1. The Kier molecular flexibility index (Phi) is 6.15. The van der Waals surface area contributed by atoms with Gasteiger partial charge in [-0.05, 0) is 92.4 Å². The Morgan fingerprint density at radius 3 is 2.32 bits per heavy atom. The summed E-state index contributed by atoms with van der Waals surface area (Å²) in [5.41, 5.74) is 2.33. The molecule has 1 aromatic heterocycles. The van der Waals surface area contributed by atoms with Crippen molar-refractivity contribution in [3.05, 3.63) is 41.9 Å². The molecule has 7 nitrogen and oxygen atoms in total. The fourth-order valence-corrected chi connectivity index (χ4v) is 7.47. The fourth-order valence-electron chi connectivity index (χ4n) is 7.47. The van der Waals surface area contributed by atoms with Crippen LogP contribution in [0.15, 0.2) is 30.6 Å². The Morgan fingerprint density at radius 2 is 1.68 bits per heavy atom. The molecule has 7 rings (SSSR count). The van der Waals surface area contributed by atoms with Crippen LogP contribution in [-0.4, -0.2) is 46.8 Å². The summed E-state index contributed by atoms with van der Waals surface area (Å²) < 4.78 is 46.3. The third-order valence-electron chi connectivity index (χ3n) is 8.58. The van der Waals surface area contributed by atoms with E-state index in [1.54, 1.807) is 11.2 Å². The fraction of sp³-hybridized carbons (Fsp3) is 0.593. The highest BCUT2D eigenvalue weighted by atomic mass is 19.4. The highest BCUT2D eigenvalue weighted by Gasteiger charge is 2.50. The first-order valence-corrected chi connectivity index (χ1v) is 13.1. The minimum Gasteiger partial charge on any atom is -0.484 e. The first kappa shape index (κ1) is 24.3. The summed E-state index contributed by atoms with van der Waals surface area (Å²) in [7, 11) is 0. The lowest BCUT2D eigenvalue weighted by Crippen LogP contribution is -2.49. The van der Waals surface area contributed by atoms with Gasteiger partial charge in [-0.1, -0.05) is 0 Å². The lowest BCUT2D eigenvalue weighted by atomic mass is 9.49. The normalized spacial score (nSPS) is 28.1. The van der Waals surface area contributed by atoms with Gasteiger partial charge in [-0.2, -0.15) is 0 Å². The van der Waals surface area contributed by atoms with Gasteiger partial charge >= 0.3 is 6.36 Å². The molecule has 4 fully saturated rings. The van der Waals surface area contributed by atoms with Gasteiger partial charge in [-0.25, -0.2) is 9.97 Å². The van der Waals surface area contributed by atoms with Gasteiger partial charge in [0, 0.05) is 18.7 Å². The number of hydrogen-bond acceptors (Lipinski definition) is 6. The van der Waals surface area contributed by atoms with Crippen LogP contribution in [0.1, 0.15) is 49.8 Å². The Labute approximate surface area is 213 Å². The second-order valence-electron chi connectivity index (χ2n) is 11.3. The Balaban J connectivity index is 1.04. The molecule has 0 unspecified atom stereocenters. The maximum Gasteiger partial charge on any atom is 0.573 e. The number of halogens is 3. The molecule has 10 heteroatoms. The minimum absolute atomic E-state index is 0.206. The van der Waals surface area contributed by atoms with Crippen LogP contribution in [0.25, 0.3) is 0 Å². The number of carbonyl (C=O) groups is 1. The van der Waals surface area contributed by atoms with Crippen LogP contribution in [0.2, 0.25) is 0 Å². The van der Waals surface area contributed by atoms with Crippen molar-refractivity contribution in [3.63, 3.8) is 0 Å². The molecule has 37 heavy (non-hydrogen) atoms. The van der Waals surface area contributed by atoms with E-state index >= 15 is 0 Å². The molecule has 2 heterocycles.